The number of unbranched alkanes of at least 4 members (excludes halogenated alkanes) is 2. The molecular weight excluding hydrogens is 624 g/mol. The molecule has 0 N–H and O–H groups in total. The highest BCUT2D eigenvalue weighted by atomic mass is 79.9. The van der Waals surface area contributed by atoms with E-state index in [1.165, 1.54) is 44.1 Å². The predicted molar refractivity (Wildman–Crippen MR) is 192 cm³/mol. The Morgan fingerprint density at radius 3 is 1.84 bits per heavy atom. The summed E-state index contributed by atoms with van der Waals surface area (Å²) < 4.78 is 22.7. The fourth-order valence-electron chi connectivity index (χ4n) is 6.44. The van der Waals surface area contributed by atoms with Crippen molar-refractivity contribution < 1.29 is 14.2 Å². The Bertz CT molecular complexity index is 1720. The van der Waals surface area contributed by atoms with Gasteiger partial charge in [-0.05, 0) is 106 Å². The number of hydrogen-bond donors (Lipinski definition) is 0. The number of methoxy groups -OCH3 is 2. The van der Waals surface area contributed by atoms with E-state index >= 15 is 0 Å². The SMILES string of the molecule is CCC(C)OCCCCn1cc(C(c2cc(OC)ccc2OC)c2cn(CCCCBr)c3ccc(C)cc23)c2cc(C)ccc21. The van der Waals surface area contributed by atoms with Crippen molar-refractivity contribution in [3.8, 4) is 11.5 Å². The van der Waals surface area contributed by atoms with Crippen LogP contribution in [0.2, 0.25) is 0 Å². The number of rotatable bonds is 16. The number of ether oxygens (including phenoxy) is 3. The summed E-state index contributed by atoms with van der Waals surface area (Å²) in [6.45, 7) is 11.4. The van der Waals surface area contributed by atoms with Gasteiger partial charge in [0.2, 0.25) is 0 Å². The van der Waals surface area contributed by atoms with Crippen LogP contribution in [0, 0.1) is 13.8 Å². The molecule has 3 aromatic carbocycles. The maximum atomic E-state index is 6.07. The van der Waals surface area contributed by atoms with Gasteiger partial charge in [0.05, 0.1) is 20.3 Å². The zero-order chi connectivity index (χ0) is 31.9. The lowest BCUT2D eigenvalue weighted by Crippen LogP contribution is -2.08. The van der Waals surface area contributed by atoms with Crippen LogP contribution in [-0.4, -0.2) is 41.4 Å². The van der Waals surface area contributed by atoms with Gasteiger partial charge in [0.15, 0.2) is 0 Å². The summed E-state index contributed by atoms with van der Waals surface area (Å²) in [5, 5.41) is 3.60. The van der Waals surface area contributed by atoms with E-state index in [4.69, 9.17) is 14.2 Å². The fourth-order valence-corrected chi connectivity index (χ4v) is 6.83. The van der Waals surface area contributed by atoms with Crippen molar-refractivity contribution in [1.29, 1.82) is 0 Å². The molecule has 0 fully saturated rings. The summed E-state index contributed by atoms with van der Waals surface area (Å²) in [6.07, 6.45) is 10.5. The molecule has 5 aromatic rings. The predicted octanol–water partition coefficient (Wildman–Crippen LogP) is 10.2. The molecule has 0 saturated carbocycles. The number of halogens is 1. The summed E-state index contributed by atoms with van der Waals surface area (Å²) in [5.74, 6) is 1.63. The van der Waals surface area contributed by atoms with Crippen LogP contribution in [0.15, 0.2) is 67.0 Å². The second-order valence-electron chi connectivity index (χ2n) is 12.3. The van der Waals surface area contributed by atoms with E-state index in [0.29, 0.717) is 6.10 Å². The second kappa shape index (κ2) is 15.4. The zero-order valence-electron chi connectivity index (χ0n) is 27.9. The van der Waals surface area contributed by atoms with Gasteiger partial charge in [0.25, 0.3) is 0 Å². The van der Waals surface area contributed by atoms with Crippen molar-refractivity contribution in [2.45, 2.75) is 84.9 Å². The fraction of sp³-hybridized carbons (Fsp3) is 0.436. The van der Waals surface area contributed by atoms with E-state index in [1.807, 2.05) is 12.1 Å². The van der Waals surface area contributed by atoms with Gasteiger partial charge in [-0.15, -0.1) is 0 Å². The Labute approximate surface area is 277 Å². The van der Waals surface area contributed by atoms with E-state index in [2.05, 4.69) is 108 Å². The molecule has 0 saturated heterocycles. The van der Waals surface area contributed by atoms with Crippen molar-refractivity contribution in [2.24, 2.45) is 0 Å². The third kappa shape index (κ3) is 7.44. The smallest absolute Gasteiger partial charge is 0.123 e. The largest absolute Gasteiger partial charge is 0.497 e. The first-order chi connectivity index (χ1) is 21.9. The first-order valence-corrected chi connectivity index (χ1v) is 17.6. The Kier molecular flexibility index (Phi) is 11.3. The van der Waals surface area contributed by atoms with Gasteiger partial charge < -0.3 is 23.3 Å². The van der Waals surface area contributed by atoms with Crippen LogP contribution in [0.3, 0.4) is 0 Å². The molecule has 2 unspecified atom stereocenters. The van der Waals surface area contributed by atoms with Crippen molar-refractivity contribution in [3.05, 3.63) is 94.8 Å². The van der Waals surface area contributed by atoms with E-state index in [1.54, 1.807) is 14.2 Å². The maximum Gasteiger partial charge on any atom is 0.123 e. The van der Waals surface area contributed by atoms with Crippen LogP contribution < -0.4 is 9.47 Å². The molecule has 0 spiro atoms. The molecule has 6 heteroatoms. The minimum absolute atomic E-state index is 0.0592. The van der Waals surface area contributed by atoms with Gasteiger partial charge in [-0.25, -0.2) is 0 Å². The molecule has 45 heavy (non-hydrogen) atoms. The van der Waals surface area contributed by atoms with Gasteiger partial charge in [-0.2, -0.15) is 0 Å². The van der Waals surface area contributed by atoms with Crippen molar-refractivity contribution in [3.63, 3.8) is 0 Å². The minimum atomic E-state index is -0.0592. The minimum Gasteiger partial charge on any atom is -0.497 e. The van der Waals surface area contributed by atoms with Crippen LogP contribution in [0.4, 0.5) is 0 Å². The standard InChI is InChI=1S/C39H49BrN2O3/c1-7-29(4)45-21-11-10-20-42-26-35(32-23-28(3)13-16-37(32)42)39(33-24-30(43-5)14-17-38(33)44-6)34-25-41(19-9-8-18-40)36-15-12-27(2)22-31(34)36/h12-17,22-26,29,39H,7-11,18-21H2,1-6H3. The third-order valence-corrected chi connectivity index (χ3v) is 9.62. The molecular formula is C39H49BrN2O3. The maximum absolute atomic E-state index is 6.07. The molecule has 0 aliphatic carbocycles. The first kappa shape index (κ1) is 33.2. The van der Waals surface area contributed by atoms with Gasteiger partial charge >= 0.3 is 0 Å². The second-order valence-corrected chi connectivity index (χ2v) is 13.1. The third-order valence-electron chi connectivity index (χ3n) is 9.06. The van der Waals surface area contributed by atoms with Gasteiger partial charge in [0.1, 0.15) is 11.5 Å². The van der Waals surface area contributed by atoms with Crippen LogP contribution >= 0.6 is 15.9 Å². The number of aromatic nitrogens is 2. The van der Waals surface area contributed by atoms with Crippen LogP contribution in [0.25, 0.3) is 21.8 Å². The zero-order valence-corrected chi connectivity index (χ0v) is 29.5. The molecule has 240 valence electrons. The Hall–Kier alpha value is -3.22. The number of alkyl halides is 1. The summed E-state index contributed by atoms with van der Waals surface area (Å²) in [7, 11) is 3.50. The molecule has 0 aliphatic heterocycles. The summed E-state index contributed by atoms with van der Waals surface area (Å²) in [6, 6.07) is 19.9. The number of hydrogen-bond acceptors (Lipinski definition) is 3. The van der Waals surface area contributed by atoms with Gasteiger partial charge in [-0.1, -0.05) is 46.1 Å². The lowest BCUT2D eigenvalue weighted by molar-refractivity contribution is 0.0606. The molecule has 0 aliphatic rings. The van der Waals surface area contributed by atoms with E-state index < -0.39 is 0 Å². The summed E-state index contributed by atoms with van der Waals surface area (Å²) in [5.41, 5.74) is 8.75. The van der Waals surface area contributed by atoms with E-state index in [-0.39, 0.29) is 5.92 Å². The van der Waals surface area contributed by atoms with Crippen LogP contribution in [0.5, 0.6) is 11.5 Å². The highest BCUT2D eigenvalue weighted by molar-refractivity contribution is 9.09. The Morgan fingerprint density at radius 1 is 0.711 bits per heavy atom. The van der Waals surface area contributed by atoms with Crippen molar-refractivity contribution >= 4 is 37.7 Å². The number of benzene rings is 3. The first-order valence-electron chi connectivity index (χ1n) is 16.5. The van der Waals surface area contributed by atoms with Crippen molar-refractivity contribution in [1.82, 2.24) is 9.13 Å². The molecule has 2 aromatic heterocycles. The molecule has 0 radical (unpaired) electrons. The lowest BCUT2D eigenvalue weighted by atomic mass is 9.83. The average Bonchev–Trinajstić information content (AvgIpc) is 3.58. The number of nitrogens with zero attached hydrogens (tertiary/aromatic N) is 2. The summed E-state index contributed by atoms with van der Waals surface area (Å²) in [4.78, 5) is 0. The quantitative estimate of drug-likeness (QED) is 0.0773. The normalized spacial score (nSPS) is 13.0. The summed E-state index contributed by atoms with van der Waals surface area (Å²) >= 11 is 3.62. The molecule has 2 atom stereocenters. The highest BCUT2D eigenvalue weighted by Crippen LogP contribution is 2.45. The van der Waals surface area contributed by atoms with Gasteiger partial charge in [-0.3, -0.25) is 0 Å². The van der Waals surface area contributed by atoms with E-state index in [0.717, 1.165) is 74.2 Å². The van der Waals surface area contributed by atoms with Crippen LogP contribution in [0.1, 0.15) is 79.7 Å². The molecule has 5 nitrogen and oxygen atoms in total. The molecule has 2 heterocycles. The van der Waals surface area contributed by atoms with E-state index in [9.17, 15) is 0 Å². The Morgan fingerprint density at radius 2 is 1.31 bits per heavy atom. The number of fused-ring (bicyclic) bond motifs is 2. The molecule has 5 rings (SSSR count). The van der Waals surface area contributed by atoms with Gasteiger partial charge in [0, 0.05) is 70.7 Å². The monoisotopic (exact) mass is 672 g/mol. The molecule has 0 amide bonds. The van der Waals surface area contributed by atoms with Crippen LogP contribution in [-0.2, 0) is 17.8 Å². The average molecular weight is 674 g/mol. The van der Waals surface area contributed by atoms with Crippen molar-refractivity contribution in [2.75, 3.05) is 26.2 Å². The lowest BCUT2D eigenvalue weighted by Gasteiger charge is -2.21. The highest BCUT2D eigenvalue weighted by Gasteiger charge is 2.28. The Balaban J connectivity index is 1.69. The number of aryl methyl sites for hydroxylation is 4. The topological polar surface area (TPSA) is 37.6 Å². The molecule has 0 bridgehead atoms.